The van der Waals surface area contributed by atoms with Crippen LogP contribution in [0.2, 0.25) is 10.0 Å². The van der Waals surface area contributed by atoms with Crippen molar-refractivity contribution in [2.24, 2.45) is 0 Å². The second-order valence-electron chi connectivity index (χ2n) is 4.39. The van der Waals surface area contributed by atoms with Crippen LogP contribution >= 0.6 is 23.2 Å². The van der Waals surface area contributed by atoms with Gasteiger partial charge in [0.15, 0.2) is 6.61 Å². The molecule has 0 bridgehead atoms. The van der Waals surface area contributed by atoms with Crippen LogP contribution in [-0.4, -0.2) is 26.8 Å². The van der Waals surface area contributed by atoms with Crippen LogP contribution in [0.1, 0.15) is 0 Å². The first-order chi connectivity index (χ1) is 11.0. The van der Waals surface area contributed by atoms with E-state index in [1.807, 2.05) is 0 Å². The standard InChI is InChI=1S/C16H14Cl2O5/c1-20-11-6-12(21-2)8-13(7-11)23-16(19)9-22-15-4-3-10(17)5-14(15)18/h3-8H,9H2,1-2H3. The van der Waals surface area contributed by atoms with Gasteiger partial charge in [0.1, 0.15) is 23.0 Å². The molecule has 0 aromatic heterocycles. The maximum Gasteiger partial charge on any atom is 0.349 e. The number of rotatable bonds is 6. The lowest BCUT2D eigenvalue weighted by Gasteiger charge is -2.10. The number of hydrogen-bond donors (Lipinski definition) is 0. The Kier molecular flexibility index (Phi) is 5.96. The molecule has 0 aliphatic rings. The average molecular weight is 357 g/mol. The Balaban J connectivity index is 1.99. The molecule has 23 heavy (non-hydrogen) atoms. The molecule has 0 aliphatic carbocycles. The number of carbonyl (C=O) groups is 1. The van der Waals surface area contributed by atoms with E-state index in [4.69, 9.17) is 42.1 Å². The number of methoxy groups -OCH3 is 2. The third kappa shape index (κ3) is 4.94. The molecule has 122 valence electrons. The van der Waals surface area contributed by atoms with E-state index in [9.17, 15) is 4.79 Å². The summed E-state index contributed by atoms with van der Waals surface area (Å²) in [4.78, 5) is 11.9. The highest BCUT2D eigenvalue weighted by atomic mass is 35.5. The molecule has 0 amide bonds. The van der Waals surface area contributed by atoms with Gasteiger partial charge in [0.25, 0.3) is 0 Å². The molecular weight excluding hydrogens is 343 g/mol. The van der Waals surface area contributed by atoms with Crippen molar-refractivity contribution in [1.29, 1.82) is 0 Å². The van der Waals surface area contributed by atoms with Crippen LogP contribution in [0.3, 0.4) is 0 Å². The van der Waals surface area contributed by atoms with Crippen molar-refractivity contribution in [2.45, 2.75) is 0 Å². The lowest BCUT2D eigenvalue weighted by atomic mass is 10.3. The molecule has 0 N–H and O–H groups in total. The van der Waals surface area contributed by atoms with Crippen molar-refractivity contribution in [3.63, 3.8) is 0 Å². The summed E-state index contributed by atoms with van der Waals surface area (Å²) in [6.45, 7) is -0.305. The first-order valence-corrected chi connectivity index (χ1v) is 7.29. The van der Waals surface area contributed by atoms with Gasteiger partial charge in [-0.3, -0.25) is 0 Å². The van der Waals surface area contributed by atoms with Gasteiger partial charge in [0, 0.05) is 23.2 Å². The summed E-state index contributed by atoms with van der Waals surface area (Å²) in [6.07, 6.45) is 0. The molecular formula is C16H14Cl2O5. The molecule has 0 atom stereocenters. The molecule has 0 spiro atoms. The molecule has 2 rings (SSSR count). The van der Waals surface area contributed by atoms with Crippen LogP contribution < -0.4 is 18.9 Å². The Morgan fingerprint density at radius 1 is 0.957 bits per heavy atom. The monoisotopic (exact) mass is 356 g/mol. The quantitative estimate of drug-likeness (QED) is 0.578. The first kappa shape index (κ1) is 17.2. The van der Waals surface area contributed by atoms with Crippen LogP contribution in [0.5, 0.6) is 23.0 Å². The highest BCUT2D eigenvalue weighted by Crippen LogP contribution is 2.29. The normalized spacial score (nSPS) is 10.1. The fourth-order valence-corrected chi connectivity index (χ4v) is 2.19. The molecule has 2 aromatic carbocycles. The predicted octanol–water partition coefficient (Wildman–Crippen LogP) is 4.00. The van der Waals surface area contributed by atoms with Gasteiger partial charge in [-0.05, 0) is 18.2 Å². The number of benzene rings is 2. The molecule has 0 aliphatic heterocycles. The fraction of sp³-hybridized carbons (Fsp3) is 0.188. The van der Waals surface area contributed by atoms with E-state index in [0.29, 0.717) is 27.3 Å². The Morgan fingerprint density at radius 3 is 2.13 bits per heavy atom. The lowest BCUT2D eigenvalue weighted by Crippen LogP contribution is -2.17. The van der Waals surface area contributed by atoms with Crippen molar-refractivity contribution in [3.05, 3.63) is 46.4 Å². The van der Waals surface area contributed by atoms with Gasteiger partial charge >= 0.3 is 5.97 Å². The maximum atomic E-state index is 11.9. The van der Waals surface area contributed by atoms with E-state index in [0.717, 1.165) is 0 Å². The highest BCUT2D eigenvalue weighted by Gasteiger charge is 2.11. The van der Waals surface area contributed by atoms with Crippen LogP contribution in [0.4, 0.5) is 0 Å². The zero-order valence-electron chi connectivity index (χ0n) is 12.5. The smallest absolute Gasteiger partial charge is 0.349 e. The van der Waals surface area contributed by atoms with E-state index in [2.05, 4.69) is 0 Å². The number of hydrogen-bond acceptors (Lipinski definition) is 5. The van der Waals surface area contributed by atoms with Crippen LogP contribution in [-0.2, 0) is 4.79 Å². The molecule has 0 saturated carbocycles. The minimum atomic E-state index is -0.591. The third-order valence-corrected chi connectivity index (χ3v) is 3.33. The molecule has 0 saturated heterocycles. The first-order valence-electron chi connectivity index (χ1n) is 6.53. The van der Waals surface area contributed by atoms with Crippen molar-refractivity contribution < 1.29 is 23.7 Å². The number of carbonyl (C=O) groups excluding carboxylic acids is 1. The van der Waals surface area contributed by atoms with Gasteiger partial charge in [-0.1, -0.05) is 23.2 Å². The van der Waals surface area contributed by atoms with Crippen molar-refractivity contribution in [3.8, 4) is 23.0 Å². The van der Waals surface area contributed by atoms with Gasteiger partial charge in [-0.15, -0.1) is 0 Å². The molecule has 0 fully saturated rings. The zero-order chi connectivity index (χ0) is 16.8. The molecule has 0 radical (unpaired) electrons. The summed E-state index contributed by atoms with van der Waals surface area (Å²) in [5, 5.41) is 0.793. The Labute approximate surface area is 143 Å². The molecule has 7 heteroatoms. The molecule has 2 aromatic rings. The Morgan fingerprint density at radius 2 is 1.57 bits per heavy atom. The van der Waals surface area contributed by atoms with Crippen LogP contribution in [0, 0.1) is 0 Å². The van der Waals surface area contributed by atoms with E-state index >= 15 is 0 Å². The largest absolute Gasteiger partial charge is 0.496 e. The second-order valence-corrected chi connectivity index (χ2v) is 5.23. The fourth-order valence-electron chi connectivity index (χ4n) is 1.73. The molecule has 0 heterocycles. The van der Waals surface area contributed by atoms with E-state index in [1.165, 1.54) is 20.3 Å². The number of esters is 1. The lowest BCUT2D eigenvalue weighted by molar-refractivity contribution is -0.136. The topological polar surface area (TPSA) is 54.0 Å². The van der Waals surface area contributed by atoms with Crippen molar-refractivity contribution in [2.75, 3.05) is 20.8 Å². The minimum absolute atomic E-state index is 0.289. The third-order valence-electron chi connectivity index (χ3n) is 2.80. The van der Waals surface area contributed by atoms with Gasteiger partial charge in [0.05, 0.1) is 19.2 Å². The summed E-state index contributed by atoms with van der Waals surface area (Å²) in [5.74, 6) is 1.06. The van der Waals surface area contributed by atoms with Gasteiger partial charge < -0.3 is 18.9 Å². The summed E-state index contributed by atoms with van der Waals surface area (Å²) < 4.78 is 20.7. The van der Waals surface area contributed by atoms with Crippen LogP contribution in [0.25, 0.3) is 0 Å². The summed E-state index contributed by atoms with van der Waals surface area (Å²) in [5.41, 5.74) is 0. The van der Waals surface area contributed by atoms with E-state index in [1.54, 1.807) is 30.3 Å². The second kappa shape index (κ2) is 7.94. The van der Waals surface area contributed by atoms with E-state index < -0.39 is 5.97 Å². The van der Waals surface area contributed by atoms with Crippen LogP contribution in [0.15, 0.2) is 36.4 Å². The predicted molar refractivity (Wildman–Crippen MR) is 87.1 cm³/mol. The van der Waals surface area contributed by atoms with E-state index in [-0.39, 0.29) is 12.4 Å². The zero-order valence-corrected chi connectivity index (χ0v) is 14.0. The summed E-state index contributed by atoms with van der Waals surface area (Å²) in [6, 6.07) is 9.51. The van der Waals surface area contributed by atoms with Gasteiger partial charge in [-0.2, -0.15) is 0 Å². The molecule has 5 nitrogen and oxygen atoms in total. The minimum Gasteiger partial charge on any atom is -0.496 e. The van der Waals surface area contributed by atoms with Gasteiger partial charge in [0.2, 0.25) is 0 Å². The Bertz CT molecular complexity index is 681. The highest BCUT2D eigenvalue weighted by molar-refractivity contribution is 6.35. The molecule has 0 unspecified atom stereocenters. The SMILES string of the molecule is COc1cc(OC)cc(OC(=O)COc2ccc(Cl)cc2Cl)c1. The summed E-state index contributed by atoms with van der Waals surface area (Å²) in [7, 11) is 3.01. The average Bonchev–Trinajstić information content (AvgIpc) is 2.53. The van der Waals surface area contributed by atoms with Crippen molar-refractivity contribution >= 4 is 29.2 Å². The van der Waals surface area contributed by atoms with Crippen molar-refractivity contribution in [1.82, 2.24) is 0 Å². The number of ether oxygens (including phenoxy) is 4. The number of halogens is 2. The summed E-state index contributed by atoms with van der Waals surface area (Å²) >= 11 is 11.7. The maximum absolute atomic E-state index is 11.9. The Hall–Kier alpha value is -2.11. The van der Waals surface area contributed by atoms with Gasteiger partial charge in [-0.25, -0.2) is 4.79 Å².